The van der Waals surface area contributed by atoms with Crippen molar-refractivity contribution < 1.29 is 13.2 Å². The van der Waals surface area contributed by atoms with Crippen molar-refractivity contribution in [2.45, 2.75) is 24.3 Å². The lowest BCUT2D eigenvalue weighted by Gasteiger charge is -2.17. The lowest BCUT2D eigenvalue weighted by Crippen LogP contribution is -2.30. The molecule has 156 valence electrons. The van der Waals surface area contributed by atoms with E-state index in [1.54, 1.807) is 24.3 Å². The minimum Gasteiger partial charge on any atom is -0.324 e. The van der Waals surface area contributed by atoms with Crippen molar-refractivity contribution in [3.8, 4) is 0 Å². The Kier molecular flexibility index (Phi) is 5.59. The fraction of sp³-hybridized carbons (Fsp3) is 0.250. The molecule has 3 aromatic rings. The number of aromatic nitrogens is 2. The van der Waals surface area contributed by atoms with Crippen LogP contribution < -0.4 is 10.9 Å². The molecule has 1 aromatic heterocycles. The summed E-state index contributed by atoms with van der Waals surface area (Å²) < 4.78 is 28.1. The lowest BCUT2D eigenvalue weighted by atomic mass is 10.2. The third kappa shape index (κ3) is 3.96. The van der Waals surface area contributed by atoms with Gasteiger partial charge in [0.1, 0.15) is 11.4 Å². The molecule has 2 heterocycles. The molecule has 1 amide bonds. The van der Waals surface area contributed by atoms with Gasteiger partial charge in [-0.15, -0.1) is 0 Å². The van der Waals surface area contributed by atoms with Crippen LogP contribution in [0.4, 0.5) is 5.69 Å². The van der Waals surface area contributed by atoms with Gasteiger partial charge < -0.3 is 5.32 Å². The lowest BCUT2D eigenvalue weighted by molar-refractivity contribution is -0.117. The SMILES string of the molecule is O=C(Cn1ncc2ccccc2c1=O)Nc1ccc(Cl)c(S(=O)(=O)N2CCCC2)c1. The van der Waals surface area contributed by atoms with Crippen LogP contribution in [0.1, 0.15) is 12.8 Å². The molecular formula is C20H19ClN4O4S. The maximum absolute atomic E-state index is 12.8. The Morgan fingerprint density at radius 2 is 1.87 bits per heavy atom. The number of anilines is 1. The molecule has 1 fully saturated rings. The van der Waals surface area contributed by atoms with Crippen molar-refractivity contribution in [2.75, 3.05) is 18.4 Å². The first-order valence-corrected chi connectivity index (χ1v) is 11.2. The van der Waals surface area contributed by atoms with E-state index in [4.69, 9.17) is 11.6 Å². The quantitative estimate of drug-likeness (QED) is 0.648. The van der Waals surface area contributed by atoms with Crippen LogP contribution in [0, 0.1) is 0 Å². The van der Waals surface area contributed by atoms with Gasteiger partial charge in [0.05, 0.1) is 16.6 Å². The van der Waals surface area contributed by atoms with E-state index in [2.05, 4.69) is 10.4 Å². The van der Waals surface area contributed by atoms with E-state index in [0.717, 1.165) is 17.5 Å². The molecule has 0 unspecified atom stereocenters. The Labute approximate surface area is 178 Å². The van der Waals surface area contributed by atoms with Crippen molar-refractivity contribution >= 4 is 44.0 Å². The summed E-state index contributed by atoms with van der Waals surface area (Å²) in [7, 11) is -3.74. The van der Waals surface area contributed by atoms with Gasteiger partial charge in [0, 0.05) is 24.2 Å². The molecule has 1 aliphatic rings. The Bertz CT molecular complexity index is 1280. The van der Waals surface area contributed by atoms with E-state index < -0.39 is 15.9 Å². The van der Waals surface area contributed by atoms with Crippen LogP contribution in [0.2, 0.25) is 5.02 Å². The first-order chi connectivity index (χ1) is 14.4. The van der Waals surface area contributed by atoms with Gasteiger partial charge in [-0.3, -0.25) is 9.59 Å². The molecule has 1 N–H and O–H groups in total. The molecule has 2 aromatic carbocycles. The van der Waals surface area contributed by atoms with E-state index >= 15 is 0 Å². The van der Waals surface area contributed by atoms with Crippen molar-refractivity contribution in [1.82, 2.24) is 14.1 Å². The summed E-state index contributed by atoms with van der Waals surface area (Å²) in [6, 6.07) is 11.3. The van der Waals surface area contributed by atoms with Gasteiger partial charge >= 0.3 is 0 Å². The van der Waals surface area contributed by atoms with Crippen LogP contribution in [-0.4, -0.2) is 41.5 Å². The number of halogens is 1. The predicted octanol–water partition coefficient (Wildman–Crippen LogP) is 2.47. The highest BCUT2D eigenvalue weighted by molar-refractivity contribution is 7.89. The van der Waals surface area contributed by atoms with Gasteiger partial charge in [0.25, 0.3) is 5.56 Å². The first kappa shape index (κ1) is 20.5. The zero-order valence-electron chi connectivity index (χ0n) is 15.9. The Hall–Kier alpha value is -2.75. The largest absolute Gasteiger partial charge is 0.324 e. The van der Waals surface area contributed by atoms with E-state index in [1.807, 2.05) is 0 Å². The van der Waals surface area contributed by atoms with Crippen molar-refractivity contribution in [1.29, 1.82) is 0 Å². The maximum atomic E-state index is 12.8. The van der Waals surface area contributed by atoms with Crippen LogP contribution in [0.5, 0.6) is 0 Å². The summed E-state index contributed by atoms with van der Waals surface area (Å²) in [4.78, 5) is 24.9. The third-order valence-corrected chi connectivity index (χ3v) is 7.33. The summed E-state index contributed by atoms with van der Waals surface area (Å²) in [6.07, 6.45) is 3.13. The van der Waals surface area contributed by atoms with Crippen LogP contribution in [-0.2, 0) is 21.4 Å². The van der Waals surface area contributed by atoms with Gasteiger partial charge in [-0.05, 0) is 37.1 Å². The molecule has 0 bridgehead atoms. The van der Waals surface area contributed by atoms with Gasteiger partial charge in [0.2, 0.25) is 15.9 Å². The number of hydrogen-bond acceptors (Lipinski definition) is 5. The highest BCUT2D eigenvalue weighted by Gasteiger charge is 2.29. The number of carbonyl (C=O) groups is 1. The van der Waals surface area contributed by atoms with Gasteiger partial charge in [0.15, 0.2) is 0 Å². The highest BCUT2D eigenvalue weighted by atomic mass is 35.5. The molecule has 0 spiro atoms. The van der Waals surface area contributed by atoms with Crippen molar-refractivity contribution in [2.24, 2.45) is 0 Å². The summed E-state index contributed by atoms with van der Waals surface area (Å²) in [5.74, 6) is -0.508. The number of nitrogens with zero attached hydrogens (tertiary/aromatic N) is 3. The monoisotopic (exact) mass is 446 g/mol. The van der Waals surface area contributed by atoms with E-state index in [0.29, 0.717) is 23.9 Å². The summed E-state index contributed by atoms with van der Waals surface area (Å²) in [6.45, 7) is 0.595. The van der Waals surface area contributed by atoms with E-state index in [-0.39, 0.29) is 27.7 Å². The fourth-order valence-electron chi connectivity index (χ4n) is 3.42. The molecule has 1 aliphatic heterocycles. The van der Waals surface area contributed by atoms with Gasteiger partial charge in [-0.1, -0.05) is 29.8 Å². The Morgan fingerprint density at radius 1 is 1.13 bits per heavy atom. The molecule has 0 radical (unpaired) electrons. The van der Waals surface area contributed by atoms with Crippen LogP contribution in [0.3, 0.4) is 0 Å². The van der Waals surface area contributed by atoms with Gasteiger partial charge in [-0.2, -0.15) is 9.40 Å². The van der Waals surface area contributed by atoms with E-state index in [1.165, 1.54) is 28.7 Å². The molecule has 0 atom stereocenters. The average Bonchev–Trinajstić information content (AvgIpc) is 3.27. The zero-order chi connectivity index (χ0) is 21.3. The van der Waals surface area contributed by atoms with Crippen LogP contribution in [0.25, 0.3) is 10.8 Å². The second-order valence-electron chi connectivity index (χ2n) is 7.00. The minimum atomic E-state index is -3.74. The minimum absolute atomic E-state index is 0.0511. The van der Waals surface area contributed by atoms with Crippen molar-refractivity contribution in [3.05, 3.63) is 64.0 Å². The maximum Gasteiger partial charge on any atom is 0.275 e. The molecule has 1 saturated heterocycles. The number of amides is 1. The molecule has 8 nitrogen and oxygen atoms in total. The van der Waals surface area contributed by atoms with Crippen LogP contribution in [0.15, 0.2) is 58.4 Å². The first-order valence-electron chi connectivity index (χ1n) is 9.41. The fourth-order valence-corrected chi connectivity index (χ4v) is 5.44. The highest BCUT2D eigenvalue weighted by Crippen LogP contribution is 2.29. The predicted molar refractivity (Wildman–Crippen MR) is 114 cm³/mol. The van der Waals surface area contributed by atoms with E-state index in [9.17, 15) is 18.0 Å². The Morgan fingerprint density at radius 3 is 2.63 bits per heavy atom. The standard InChI is InChI=1S/C20H19ClN4O4S/c21-17-8-7-15(11-18(17)30(28,29)24-9-3-4-10-24)23-19(26)13-25-20(27)16-6-2-1-5-14(16)12-22-25/h1-2,5-8,11-12H,3-4,9-10,13H2,(H,23,26). The molecule has 10 heteroatoms. The molecule has 4 rings (SSSR count). The number of carbonyl (C=O) groups excluding carboxylic acids is 1. The molecular weight excluding hydrogens is 428 g/mol. The summed E-state index contributed by atoms with van der Waals surface area (Å²) >= 11 is 6.13. The normalized spacial score (nSPS) is 14.8. The number of fused-ring (bicyclic) bond motifs is 1. The zero-order valence-corrected chi connectivity index (χ0v) is 17.5. The smallest absolute Gasteiger partial charge is 0.275 e. The molecule has 0 aliphatic carbocycles. The summed E-state index contributed by atoms with van der Waals surface area (Å²) in [5, 5.41) is 7.89. The molecule has 0 saturated carbocycles. The average molecular weight is 447 g/mol. The van der Waals surface area contributed by atoms with Crippen molar-refractivity contribution in [3.63, 3.8) is 0 Å². The summed E-state index contributed by atoms with van der Waals surface area (Å²) in [5.41, 5.74) is -0.104. The molecule has 30 heavy (non-hydrogen) atoms. The number of benzene rings is 2. The number of nitrogens with one attached hydrogen (secondary N) is 1. The number of rotatable bonds is 5. The number of sulfonamides is 1. The number of hydrogen-bond donors (Lipinski definition) is 1. The Balaban J connectivity index is 1.56. The second kappa shape index (κ2) is 8.17. The van der Waals surface area contributed by atoms with Crippen LogP contribution >= 0.6 is 11.6 Å². The topological polar surface area (TPSA) is 101 Å². The second-order valence-corrected chi connectivity index (χ2v) is 9.31. The third-order valence-electron chi connectivity index (χ3n) is 4.95. The van der Waals surface area contributed by atoms with Gasteiger partial charge in [-0.25, -0.2) is 13.1 Å².